The van der Waals surface area contributed by atoms with Crippen molar-refractivity contribution < 1.29 is 14.8 Å². The van der Waals surface area contributed by atoms with E-state index in [0.717, 1.165) is 0 Å². The first-order valence-electron chi connectivity index (χ1n) is 6.05. The molecule has 1 N–H and O–H groups in total. The highest BCUT2D eigenvalue weighted by atomic mass is 16.6. The van der Waals surface area contributed by atoms with Crippen molar-refractivity contribution in [3.05, 3.63) is 57.9 Å². The van der Waals surface area contributed by atoms with E-state index in [2.05, 4.69) is 4.98 Å². The Balaban J connectivity index is 2.41. The van der Waals surface area contributed by atoms with Gasteiger partial charge in [-0.2, -0.15) is 0 Å². The van der Waals surface area contributed by atoms with Crippen LogP contribution in [-0.4, -0.2) is 15.0 Å². The smallest absolute Gasteiger partial charge is 0.311 e. The highest BCUT2D eigenvalue weighted by Crippen LogP contribution is 2.34. The van der Waals surface area contributed by atoms with Crippen molar-refractivity contribution in [3.8, 4) is 11.5 Å². The molecule has 1 aromatic heterocycles. The van der Waals surface area contributed by atoms with E-state index in [0.29, 0.717) is 17.0 Å². The summed E-state index contributed by atoms with van der Waals surface area (Å²) in [6.07, 6.45) is 0.843. The molecule has 0 spiro atoms. The molecule has 0 radical (unpaired) electrons. The minimum atomic E-state index is -0.775. The minimum absolute atomic E-state index is 0.121. The molecule has 0 amide bonds. The number of benzene rings is 1. The minimum Gasteiger partial charge on any atom is -0.448 e. The third kappa shape index (κ3) is 2.92. The molecule has 0 aliphatic rings. The van der Waals surface area contributed by atoms with Gasteiger partial charge >= 0.3 is 5.69 Å². The van der Waals surface area contributed by atoms with Crippen LogP contribution in [0, 0.1) is 17.0 Å². The Hall–Kier alpha value is -2.47. The van der Waals surface area contributed by atoms with E-state index in [4.69, 9.17) is 4.74 Å². The first kappa shape index (κ1) is 14.0. The van der Waals surface area contributed by atoms with Crippen LogP contribution in [0.4, 0.5) is 5.69 Å². The highest BCUT2D eigenvalue weighted by molar-refractivity contribution is 5.51. The van der Waals surface area contributed by atoms with Crippen molar-refractivity contribution in [2.45, 2.75) is 20.0 Å². The number of aliphatic hydroxyl groups excluding tert-OH is 1. The average Bonchev–Trinajstić information content (AvgIpc) is 2.41. The number of hydrogen-bond donors (Lipinski definition) is 1. The number of nitro benzene ring substituents is 1. The Labute approximate surface area is 115 Å². The summed E-state index contributed by atoms with van der Waals surface area (Å²) in [4.78, 5) is 14.6. The van der Waals surface area contributed by atoms with E-state index >= 15 is 0 Å². The van der Waals surface area contributed by atoms with Crippen molar-refractivity contribution >= 4 is 5.69 Å². The maximum atomic E-state index is 11.1. The quantitative estimate of drug-likeness (QED) is 0.683. The van der Waals surface area contributed by atoms with Gasteiger partial charge in [0.15, 0.2) is 0 Å². The molecule has 104 valence electrons. The van der Waals surface area contributed by atoms with Crippen molar-refractivity contribution in [2.75, 3.05) is 0 Å². The van der Waals surface area contributed by atoms with E-state index in [1.54, 1.807) is 38.2 Å². The van der Waals surface area contributed by atoms with E-state index < -0.39 is 11.0 Å². The van der Waals surface area contributed by atoms with Crippen molar-refractivity contribution in [1.29, 1.82) is 0 Å². The summed E-state index contributed by atoms with van der Waals surface area (Å²) < 4.78 is 5.55. The Kier molecular flexibility index (Phi) is 3.95. The lowest BCUT2D eigenvalue weighted by Crippen LogP contribution is -1.98. The molecule has 2 aromatic rings. The van der Waals surface area contributed by atoms with E-state index in [-0.39, 0.29) is 11.4 Å². The molecule has 0 saturated carbocycles. The topological polar surface area (TPSA) is 85.5 Å². The van der Waals surface area contributed by atoms with Crippen LogP contribution in [0.2, 0.25) is 0 Å². The maximum Gasteiger partial charge on any atom is 0.311 e. The average molecular weight is 274 g/mol. The largest absolute Gasteiger partial charge is 0.448 e. The van der Waals surface area contributed by atoms with E-state index in [9.17, 15) is 15.2 Å². The lowest BCUT2D eigenvalue weighted by Gasteiger charge is -2.10. The Morgan fingerprint density at radius 3 is 2.70 bits per heavy atom. The molecule has 0 saturated heterocycles. The summed E-state index contributed by atoms with van der Waals surface area (Å²) >= 11 is 0. The Morgan fingerprint density at radius 1 is 1.35 bits per heavy atom. The van der Waals surface area contributed by atoms with Crippen molar-refractivity contribution in [1.82, 2.24) is 4.98 Å². The SMILES string of the molecule is Cc1ncccc1Oc1ccc([C@@H](C)O)cc1[N+](=O)[O-]. The molecular weight excluding hydrogens is 260 g/mol. The molecule has 2 rings (SSSR count). The number of nitro groups is 1. The summed E-state index contributed by atoms with van der Waals surface area (Å²) in [5.74, 6) is 0.580. The van der Waals surface area contributed by atoms with Gasteiger partial charge in [0.05, 0.1) is 16.7 Å². The van der Waals surface area contributed by atoms with E-state index in [1.807, 2.05) is 0 Å². The normalized spacial score (nSPS) is 11.9. The second-order valence-corrected chi connectivity index (χ2v) is 4.35. The summed E-state index contributed by atoms with van der Waals surface area (Å²) in [6, 6.07) is 7.77. The summed E-state index contributed by atoms with van der Waals surface area (Å²) in [5, 5.41) is 20.6. The van der Waals surface area contributed by atoms with Crippen molar-refractivity contribution in [3.63, 3.8) is 0 Å². The molecule has 0 unspecified atom stereocenters. The molecule has 1 heterocycles. The van der Waals surface area contributed by atoms with Crippen LogP contribution in [0.1, 0.15) is 24.3 Å². The Bertz CT molecular complexity index is 641. The predicted molar refractivity (Wildman–Crippen MR) is 72.8 cm³/mol. The molecule has 1 atom stereocenters. The molecule has 1 aromatic carbocycles. The number of pyridine rings is 1. The zero-order valence-corrected chi connectivity index (χ0v) is 11.1. The zero-order chi connectivity index (χ0) is 14.7. The number of ether oxygens (including phenoxy) is 1. The molecule has 0 fully saturated rings. The monoisotopic (exact) mass is 274 g/mol. The third-order valence-corrected chi connectivity index (χ3v) is 2.84. The number of rotatable bonds is 4. The molecule has 0 aliphatic heterocycles. The van der Waals surface area contributed by atoms with Crippen LogP contribution in [-0.2, 0) is 0 Å². The lowest BCUT2D eigenvalue weighted by molar-refractivity contribution is -0.385. The van der Waals surface area contributed by atoms with Gasteiger partial charge in [-0.1, -0.05) is 6.07 Å². The molecule has 6 nitrogen and oxygen atoms in total. The number of aromatic nitrogens is 1. The van der Waals surface area contributed by atoms with Crippen molar-refractivity contribution in [2.24, 2.45) is 0 Å². The van der Waals surface area contributed by atoms with Gasteiger partial charge in [0.1, 0.15) is 5.75 Å². The van der Waals surface area contributed by atoms with Crippen LogP contribution in [0.15, 0.2) is 36.5 Å². The number of aryl methyl sites for hydroxylation is 1. The third-order valence-electron chi connectivity index (χ3n) is 2.84. The highest BCUT2D eigenvalue weighted by Gasteiger charge is 2.18. The van der Waals surface area contributed by atoms with Gasteiger partial charge in [0.2, 0.25) is 5.75 Å². The number of aliphatic hydroxyl groups is 1. The molecular formula is C14H14N2O4. The summed E-state index contributed by atoms with van der Waals surface area (Å²) in [7, 11) is 0. The second kappa shape index (κ2) is 5.66. The van der Waals surface area contributed by atoms with Crippen LogP contribution in [0.3, 0.4) is 0 Å². The number of hydrogen-bond acceptors (Lipinski definition) is 5. The molecule has 20 heavy (non-hydrogen) atoms. The fourth-order valence-electron chi connectivity index (χ4n) is 1.72. The van der Waals surface area contributed by atoms with Crippen LogP contribution in [0.25, 0.3) is 0 Å². The maximum absolute atomic E-state index is 11.1. The van der Waals surface area contributed by atoms with Gasteiger partial charge in [-0.3, -0.25) is 15.1 Å². The fourth-order valence-corrected chi connectivity index (χ4v) is 1.72. The Morgan fingerprint density at radius 2 is 2.10 bits per heavy atom. The first-order valence-corrected chi connectivity index (χ1v) is 6.05. The predicted octanol–water partition coefficient (Wildman–Crippen LogP) is 3.14. The van der Waals surface area contributed by atoms with Crippen LogP contribution < -0.4 is 4.74 Å². The molecule has 0 bridgehead atoms. The first-order chi connectivity index (χ1) is 9.49. The van der Waals surface area contributed by atoms with Crippen LogP contribution >= 0.6 is 0 Å². The van der Waals surface area contributed by atoms with E-state index in [1.165, 1.54) is 12.1 Å². The standard InChI is InChI=1S/C14H14N2O4/c1-9-13(4-3-7-15-9)20-14-6-5-11(10(2)17)8-12(14)16(18)19/h3-8,10,17H,1-2H3/t10-/m1/s1. The zero-order valence-electron chi connectivity index (χ0n) is 11.1. The summed E-state index contributed by atoms with van der Waals surface area (Å²) in [5.41, 5.74) is 0.917. The molecule has 0 aliphatic carbocycles. The van der Waals surface area contributed by atoms with Crippen LogP contribution in [0.5, 0.6) is 11.5 Å². The van der Waals surface area contributed by atoms with Gasteiger partial charge in [-0.15, -0.1) is 0 Å². The summed E-state index contributed by atoms with van der Waals surface area (Å²) in [6.45, 7) is 3.30. The van der Waals surface area contributed by atoms with Gasteiger partial charge in [-0.05, 0) is 37.6 Å². The molecule has 6 heteroatoms. The van der Waals surface area contributed by atoms with Gasteiger partial charge in [0, 0.05) is 12.3 Å². The van der Waals surface area contributed by atoms with Gasteiger partial charge in [-0.25, -0.2) is 0 Å². The second-order valence-electron chi connectivity index (χ2n) is 4.35. The lowest BCUT2D eigenvalue weighted by atomic mass is 10.1. The van der Waals surface area contributed by atoms with Gasteiger partial charge in [0.25, 0.3) is 0 Å². The fraction of sp³-hybridized carbons (Fsp3) is 0.214. The van der Waals surface area contributed by atoms with Gasteiger partial charge < -0.3 is 9.84 Å². The number of nitrogens with zero attached hydrogens (tertiary/aromatic N) is 2.